The molecule has 0 amide bonds. The molecule has 0 aromatic heterocycles. The fourth-order valence-corrected chi connectivity index (χ4v) is 1.61. The van der Waals surface area contributed by atoms with Crippen LogP contribution in [0.1, 0.15) is 29.5 Å². The second-order valence-corrected chi connectivity index (χ2v) is 4.18. The Hall–Kier alpha value is -1.51. The van der Waals surface area contributed by atoms with Crippen LogP contribution >= 0.6 is 0 Å². The number of carboxylic acid groups (broad SMARTS) is 1. The van der Waals surface area contributed by atoms with E-state index in [1.54, 1.807) is 0 Å². The van der Waals surface area contributed by atoms with Gasteiger partial charge in [-0.05, 0) is 49.9 Å². The monoisotopic (exact) mass is 221 g/mol. The quantitative estimate of drug-likeness (QED) is 0.752. The number of hydrogen-bond acceptors (Lipinski definition) is 2. The Morgan fingerprint density at radius 2 is 1.81 bits per heavy atom. The van der Waals surface area contributed by atoms with Crippen LogP contribution in [0.3, 0.4) is 0 Å². The Balaban J connectivity index is 2.54. The molecule has 1 aromatic carbocycles. The van der Waals surface area contributed by atoms with Crippen molar-refractivity contribution < 1.29 is 9.90 Å². The number of rotatable bonds is 5. The van der Waals surface area contributed by atoms with Gasteiger partial charge in [0.1, 0.15) is 0 Å². The van der Waals surface area contributed by atoms with E-state index in [1.165, 1.54) is 16.7 Å². The van der Waals surface area contributed by atoms with E-state index in [1.807, 2.05) is 0 Å². The van der Waals surface area contributed by atoms with E-state index in [0.717, 1.165) is 5.69 Å². The van der Waals surface area contributed by atoms with Crippen LogP contribution in [0.2, 0.25) is 0 Å². The molecule has 0 saturated carbocycles. The highest BCUT2D eigenvalue weighted by molar-refractivity contribution is 5.66. The molecule has 1 rings (SSSR count). The van der Waals surface area contributed by atoms with Gasteiger partial charge in [0.05, 0.1) is 0 Å². The third-order valence-electron chi connectivity index (χ3n) is 2.72. The fourth-order valence-electron chi connectivity index (χ4n) is 1.61. The first-order valence-corrected chi connectivity index (χ1v) is 5.54. The van der Waals surface area contributed by atoms with Gasteiger partial charge in [-0.3, -0.25) is 4.79 Å². The third kappa shape index (κ3) is 3.57. The molecule has 88 valence electrons. The predicted molar refractivity (Wildman–Crippen MR) is 66.0 cm³/mol. The normalized spacial score (nSPS) is 10.2. The number of anilines is 1. The summed E-state index contributed by atoms with van der Waals surface area (Å²) in [5.74, 6) is -0.737. The zero-order chi connectivity index (χ0) is 12.1. The highest BCUT2D eigenvalue weighted by Gasteiger charge is 2.01. The maximum Gasteiger partial charge on any atom is 0.303 e. The molecule has 0 fully saturated rings. The summed E-state index contributed by atoms with van der Waals surface area (Å²) in [5, 5.41) is 11.8. The summed E-state index contributed by atoms with van der Waals surface area (Å²) in [7, 11) is 0. The standard InChI is InChI=1S/C13H19NO2/c1-9-7-11(3)12(8-10(9)2)14-6-4-5-13(15)16/h7-8,14H,4-6H2,1-3H3,(H,15,16). The van der Waals surface area contributed by atoms with Crippen LogP contribution in [0.15, 0.2) is 12.1 Å². The van der Waals surface area contributed by atoms with Gasteiger partial charge in [-0.15, -0.1) is 0 Å². The molecular formula is C13H19NO2. The van der Waals surface area contributed by atoms with Crippen LogP contribution in [0, 0.1) is 20.8 Å². The average Bonchev–Trinajstić information content (AvgIpc) is 2.19. The second kappa shape index (κ2) is 5.54. The Labute approximate surface area is 96.5 Å². The molecule has 0 aliphatic carbocycles. The van der Waals surface area contributed by atoms with Crippen molar-refractivity contribution in [2.24, 2.45) is 0 Å². The third-order valence-corrected chi connectivity index (χ3v) is 2.72. The number of carboxylic acids is 1. The van der Waals surface area contributed by atoms with Crippen molar-refractivity contribution in [2.45, 2.75) is 33.6 Å². The van der Waals surface area contributed by atoms with Gasteiger partial charge in [0, 0.05) is 18.7 Å². The lowest BCUT2D eigenvalue weighted by atomic mass is 10.0. The average molecular weight is 221 g/mol. The van der Waals surface area contributed by atoms with E-state index in [2.05, 4.69) is 38.2 Å². The van der Waals surface area contributed by atoms with Gasteiger partial charge in [0.2, 0.25) is 0 Å². The summed E-state index contributed by atoms with van der Waals surface area (Å²) >= 11 is 0. The zero-order valence-corrected chi connectivity index (χ0v) is 10.1. The van der Waals surface area contributed by atoms with Crippen molar-refractivity contribution in [3.63, 3.8) is 0 Å². The summed E-state index contributed by atoms with van der Waals surface area (Å²) in [6.45, 7) is 6.94. The van der Waals surface area contributed by atoms with Crippen LogP contribution in [0.5, 0.6) is 0 Å². The molecule has 0 aliphatic rings. The van der Waals surface area contributed by atoms with Crippen LogP contribution in [0.25, 0.3) is 0 Å². The number of aryl methyl sites for hydroxylation is 3. The first-order valence-electron chi connectivity index (χ1n) is 5.54. The maximum absolute atomic E-state index is 10.3. The van der Waals surface area contributed by atoms with Gasteiger partial charge in [0.15, 0.2) is 0 Å². The van der Waals surface area contributed by atoms with E-state index in [0.29, 0.717) is 13.0 Å². The summed E-state index contributed by atoms with van der Waals surface area (Å²) in [6, 6.07) is 4.26. The molecule has 3 heteroatoms. The summed E-state index contributed by atoms with van der Waals surface area (Å²) in [6.07, 6.45) is 0.874. The molecule has 2 N–H and O–H groups in total. The largest absolute Gasteiger partial charge is 0.481 e. The van der Waals surface area contributed by atoms with Crippen LogP contribution in [-0.2, 0) is 4.79 Å². The molecule has 0 heterocycles. The van der Waals surface area contributed by atoms with Gasteiger partial charge in [-0.25, -0.2) is 0 Å². The second-order valence-electron chi connectivity index (χ2n) is 4.18. The minimum Gasteiger partial charge on any atom is -0.481 e. The van der Waals surface area contributed by atoms with E-state index >= 15 is 0 Å². The first-order chi connectivity index (χ1) is 7.50. The number of benzene rings is 1. The Morgan fingerprint density at radius 1 is 1.19 bits per heavy atom. The van der Waals surface area contributed by atoms with E-state index in [4.69, 9.17) is 5.11 Å². The van der Waals surface area contributed by atoms with Crippen molar-refractivity contribution in [3.05, 3.63) is 28.8 Å². The zero-order valence-electron chi connectivity index (χ0n) is 10.1. The molecule has 0 aliphatic heterocycles. The number of nitrogens with one attached hydrogen (secondary N) is 1. The van der Waals surface area contributed by atoms with Crippen molar-refractivity contribution in [2.75, 3.05) is 11.9 Å². The van der Waals surface area contributed by atoms with Gasteiger partial charge in [0.25, 0.3) is 0 Å². The van der Waals surface area contributed by atoms with Crippen molar-refractivity contribution >= 4 is 11.7 Å². The van der Waals surface area contributed by atoms with Crippen molar-refractivity contribution in [3.8, 4) is 0 Å². The lowest BCUT2D eigenvalue weighted by molar-refractivity contribution is -0.137. The van der Waals surface area contributed by atoms with Crippen LogP contribution in [0.4, 0.5) is 5.69 Å². The van der Waals surface area contributed by atoms with E-state index < -0.39 is 5.97 Å². The molecular weight excluding hydrogens is 202 g/mol. The lowest BCUT2D eigenvalue weighted by Crippen LogP contribution is -2.06. The Bertz CT molecular complexity index is 386. The Morgan fingerprint density at radius 3 is 2.44 bits per heavy atom. The van der Waals surface area contributed by atoms with Crippen LogP contribution in [-0.4, -0.2) is 17.6 Å². The summed E-state index contributed by atoms with van der Waals surface area (Å²) in [4.78, 5) is 10.3. The van der Waals surface area contributed by atoms with Gasteiger partial charge in [-0.2, -0.15) is 0 Å². The SMILES string of the molecule is Cc1cc(C)c(NCCCC(=O)O)cc1C. The summed E-state index contributed by atoms with van der Waals surface area (Å²) in [5.41, 5.74) is 4.85. The van der Waals surface area contributed by atoms with Crippen molar-refractivity contribution in [1.82, 2.24) is 0 Å². The van der Waals surface area contributed by atoms with Gasteiger partial charge < -0.3 is 10.4 Å². The molecule has 0 saturated heterocycles. The first kappa shape index (κ1) is 12.6. The highest BCUT2D eigenvalue weighted by atomic mass is 16.4. The van der Waals surface area contributed by atoms with E-state index in [9.17, 15) is 4.79 Å². The molecule has 0 spiro atoms. The molecule has 0 atom stereocenters. The minimum atomic E-state index is -0.737. The number of aliphatic carboxylic acids is 1. The molecule has 16 heavy (non-hydrogen) atoms. The van der Waals surface area contributed by atoms with Gasteiger partial charge >= 0.3 is 5.97 Å². The minimum absolute atomic E-state index is 0.219. The molecule has 0 unspecified atom stereocenters. The highest BCUT2D eigenvalue weighted by Crippen LogP contribution is 2.19. The topological polar surface area (TPSA) is 49.3 Å². The molecule has 3 nitrogen and oxygen atoms in total. The number of hydrogen-bond donors (Lipinski definition) is 2. The smallest absolute Gasteiger partial charge is 0.303 e. The predicted octanol–water partition coefficient (Wildman–Crippen LogP) is 2.89. The van der Waals surface area contributed by atoms with Crippen molar-refractivity contribution in [1.29, 1.82) is 0 Å². The summed E-state index contributed by atoms with van der Waals surface area (Å²) < 4.78 is 0. The fraction of sp³-hybridized carbons (Fsp3) is 0.462. The van der Waals surface area contributed by atoms with Crippen LogP contribution < -0.4 is 5.32 Å². The van der Waals surface area contributed by atoms with Gasteiger partial charge in [-0.1, -0.05) is 6.07 Å². The molecule has 1 aromatic rings. The molecule has 0 bridgehead atoms. The lowest BCUT2D eigenvalue weighted by Gasteiger charge is -2.11. The Kier molecular flexibility index (Phi) is 4.35. The maximum atomic E-state index is 10.3. The number of carbonyl (C=O) groups is 1. The molecule has 0 radical (unpaired) electrons. The van der Waals surface area contributed by atoms with E-state index in [-0.39, 0.29) is 6.42 Å².